The molecule has 2 unspecified atom stereocenters. The second kappa shape index (κ2) is 3.40. The Hall–Kier alpha value is -0.620. The van der Waals surface area contributed by atoms with Crippen molar-refractivity contribution < 1.29 is 4.79 Å². The van der Waals surface area contributed by atoms with Crippen LogP contribution in [0.15, 0.2) is 4.99 Å². The Balaban J connectivity index is 2.00. The first-order valence-electron chi connectivity index (χ1n) is 4.95. The zero-order valence-corrected chi connectivity index (χ0v) is 7.33. The minimum Gasteiger partial charge on any atom is -0.211 e. The normalized spacial score (nSPS) is 39.2. The average molecular weight is 165 g/mol. The molecule has 2 aliphatic carbocycles. The summed E-state index contributed by atoms with van der Waals surface area (Å²) in [5.74, 6) is 2.47. The predicted octanol–water partition coefficient (Wildman–Crippen LogP) is 2.15. The molecule has 0 aromatic carbocycles. The number of carbonyl (C=O) groups excluding carboxylic acids is 1. The van der Waals surface area contributed by atoms with Crippen LogP contribution in [-0.2, 0) is 4.79 Å². The van der Waals surface area contributed by atoms with Gasteiger partial charge in [0.2, 0.25) is 6.08 Å². The van der Waals surface area contributed by atoms with Crippen LogP contribution < -0.4 is 0 Å². The number of isocyanates is 1. The van der Waals surface area contributed by atoms with Crippen molar-refractivity contribution in [2.24, 2.45) is 22.7 Å². The van der Waals surface area contributed by atoms with Gasteiger partial charge in [0.05, 0.1) is 6.54 Å². The van der Waals surface area contributed by atoms with E-state index < -0.39 is 0 Å². The largest absolute Gasteiger partial charge is 0.234 e. The van der Waals surface area contributed by atoms with Crippen LogP contribution in [0.2, 0.25) is 0 Å². The molecule has 12 heavy (non-hydrogen) atoms. The van der Waals surface area contributed by atoms with Gasteiger partial charge >= 0.3 is 0 Å². The molecular formula is C10H15NO. The van der Waals surface area contributed by atoms with Gasteiger partial charge in [0, 0.05) is 0 Å². The molecule has 66 valence electrons. The van der Waals surface area contributed by atoms with Gasteiger partial charge in [-0.2, -0.15) is 0 Å². The van der Waals surface area contributed by atoms with E-state index in [0.29, 0.717) is 0 Å². The highest BCUT2D eigenvalue weighted by atomic mass is 16.1. The first-order chi connectivity index (χ1) is 5.92. The van der Waals surface area contributed by atoms with E-state index in [1.807, 2.05) is 0 Å². The molecule has 2 rings (SSSR count). The van der Waals surface area contributed by atoms with Crippen LogP contribution in [0.4, 0.5) is 0 Å². The Kier molecular flexibility index (Phi) is 2.27. The monoisotopic (exact) mass is 165 g/mol. The predicted molar refractivity (Wildman–Crippen MR) is 46.5 cm³/mol. The lowest BCUT2D eigenvalue weighted by Gasteiger charge is -2.27. The van der Waals surface area contributed by atoms with E-state index >= 15 is 0 Å². The second-order valence-corrected chi connectivity index (χ2v) is 4.12. The lowest BCUT2D eigenvalue weighted by Crippen LogP contribution is -2.22. The van der Waals surface area contributed by atoms with Crippen LogP contribution in [0.5, 0.6) is 0 Å². The number of aliphatic imine (C=N–C) groups is 1. The van der Waals surface area contributed by atoms with Gasteiger partial charge in [0.1, 0.15) is 0 Å². The molecule has 0 aliphatic heterocycles. The molecule has 0 radical (unpaired) electrons. The smallest absolute Gasteiger partial charge is 0.211 e. The summed E-state index contributed by atoms with van der Waals surface area (Å²) in [4.78, 5) is 13.7. The van der Waals surface area contributed by atoms with E-state index in [0.717, 1.165) is 24.3 Å². The fraction of sp³-hybridized carbons (Fsp3) is 0.900. The van der Waals surface area contributed by atoms with Crippen LogP contribution in [0.1, 0.15) is 32.1 Å². The third-order valence-corrected chi connectivity index (χ3v) is 3.64. The highest BCUT2D eigenvalue weighted by molar-refractivity contribution is 5.32. The second-order valence-electron chi connectivity index (χ2n) is 4.12. The quantitative estimate of drug-likeness (QED) is 0.455. The van der Waals surface area contributed by atoms with Gasteiger partial charge in [-0.25, -0.2) is 9.79 Å². The molecule has 0 aromatic heterocycles. The number of hydrogen-bond acceptors (Lipinski definition) is 2. The Morgan fingerprint density at radius 1 is 1.17 bits per heavy atom. The summed E-state index contributed by atoms with van der Waals surface area (Å²) < 4.78 is 0. The molecule has 2 fully saturated rings. The fourth-order valence-corrected chi connectivity index (χ4v) is 3.04. The molecule has 0 N–H and O–H groups in total. The fourth-order valence-electron chi connectivity index (χ4n) is 3.04. The number of hydrogen-bond donors (Lipinski definition) is 0. The first-order valence-corrected chi connectivity index (χ1v) is 4.95. The summed E-state index contributed by atoms with van der Waals surface area (Å²) in [6.07, 6.45) is 8.56. The zero-order chi connectivity index (χ0) is 8.39. The average Bonchev–Trinajstić information content (AvgIpc) is 2.36. The van der Waals surface area contributed by atoms with Gasteiger partial charge in [-0.15, -0.1) is 0 Å². The van der Waals surface area contributed by atoms with Crippen molar-refractivity contribution in [3.63, 3.8) is 0 Å². The van der Waals surface area contributed by atoms with Crippen LogP contribution in [0.3, 0.4) is 0 Å². The minimum atomic E-state index is 0.722. The number of nitrogens with zero attached hydrogens (tertiary/aromatic N) is 1. The molecule has 2 heteroatoms. The van der Waals surface area contributed by atoms with Crippen LogP contribution in [0.25, 0.3) is 0 Å². The van der Waals surface area contributed by atoms with Crippen molar-refractivity contribution in [2.75, 3.05) is 6.54 Å². The van der Waals surface area contributed by atoms with E-state index in [9.17, 15) is 4.79 Å². The summed E-state index contributed by atoms with van der Waals surface area (Å²) in [6, 6.07) is 0. The van der Waals surface area contributed by atoms with Gasteiger partial charge in [-0.05, 0) is 30.6 Å². The Bertz CT molecular complexity index is 192. The summed E-state index contributed by atoms with van der Waals surface area (Å²) in [5, 5.41) is 0. The summed E-state index contributed by atoms with van der Waals surface area (Å²) in [5.41, 5.74) is 0. The van der Waals surface area contributed by atoms with E-state index in [1.54, 1.807) is 6.08 Å². The Labute approximate surface area is 73.1 Å². The van der Waals surface area contributed by atoms with Crippen molar-refractivity contribution in [3.05, 3.63) is 0 Å². The molecule has 2 aliphatic rings. The highest BCUT2D eigenvalue weighted by Gasteiger charge is 2.38. The van der Waals surface area contributed by atoms with Crippen LogP contribution >= 0.6 is 0 Å². The molecule has 2 saturated carbocycles. The molecular weight excluding hydrogens is 150 g/mol. The lowest BCUT2D eigenvalue weighted by molar-refractivity contribution is 0.236. The highest BCUT2D eigenvalue weighted by Crippen LogP contribution is 2.46. The van der Waals surface area contributed by atoms with Gasteiger partial charge in [0.25, 0.3) is 0 Å². The molecule has 0 aromatic rings. The van der Waals surface area contributed by atoms with E-state index in [1.165, 1.54) is 32.1 Å². The van der Waals surface area contributed by atoms with Crippen molar-refractivity contribution in [1.29, 1.82) is 0 Å². The number of fused-ring (bicyclic) bond motifs is 2. The topological polar surface area (TPSA) is 29.4 Å². The minimum absolute atomic E-state index is 0.722. The standard InChI is InChI=1S/C10H15NO/c12-7-11-6-10-8-2-1-3-9(10)5-4-8/h8-10H,1-6H2. The molecule has 2 bridgehead atoms. The number of rotatable bonds is 2. The summed E-state index contributed by atoms with van der Waals surface area (Å²) >= 11 is 0. The molecule has 0 spiro atoms. The van der Waals surface area contributed by atoms with Gasteiger partial charge < -0.3 is 0 Å². The zero-order valence-electron chi connectivity index (χ0n) is 7.33. The molecule has 2 atom stereocenters. The third-order valence-electron chi connectivity index (χ3n) is 3.64. The maximum atomic E-state index is 9.99. The van der Waals surface area contributed by atoms with Crippen molar-refractivity contribution in [1.82, 2.24) is 0 Å². The Morgan fingerprint density at radius 3 is 2.42 bits per heavy atom. The maximum Gasteiger partial charge on any atom is 0.234 e. The first kappa shape index (κ1) is 8.00. The summed E-state index contributed by atoms with van der Waals surface area (Å²) in [6.45, 7) is 0.749. The molecule has 0 amide bonds. The molecule has 0 saturated heterocycles. The third kappa shape index (κ3) is 1.32. The van der Waals surface area contributed by atoms with Gasteiger partial charge in [-0.1, -0.05) is 19.3 Å². The summed E-state index contributed by atoms with van der Waals surface area (Å²) in [7, 11) is 0. The Morgan fingerprint density at radius 2 is 1.83 bits per heavy atom. The maximum absolute atomic E-state index is 9.99. The van der Waals surface area contributed by atoms with Crippen LogP contribution in [-0.4, -0.2) is 12.6 Å². The lowest BCUT2D eigenvalue weighted by atomic mass is 9.79. The SMILES string of the molecule is O=C=NCC1C2CCCC1CC2. The van der Waals surface area contributed by atoms with E-state index in [-0.39, 0.29) is 0 Å². The van der Waals surface area contributed by atoms with E-state index in [2.05, 4.69) is 4.99 Å². The van der Waals surface area contributed by atoms with Gasteiger partial charge in [0.15, 0.2) is 0 Å². The van der Waals surface area contributed by atoms with Crippen molar-refractivity contribution in [2.45, 2.75) is 32.1 Å². The van der Waals surface area contributed by atoms with E-state index in [4.69, 9.17) is 0 Å². The van der Waals surface area contributed by atoms with Crippen molar-refractivity contribution >= 4 is 6.08 Å². The van der Waals surface area contributed by atoms with Crippen LogP contribution in [0, 0.1) is 17.8 Å². The molecule has 2 nitrogen and oxygen atoms in total. The van der Waals surface area contributed by atoms with Crippen molar-refractivity contribution in [3.8, 4) is 0 Å². The molecule has 0 heterocycles. The van der Waals surface area contributed by atoms with Gasteiger partial charge in [-0.3, -0.25) is 0 Å².